The van der Waals surface area contributed by atoms with Crippen LogP contribution < -0.4 is 4.57 Å². The highest BCUT2D eigenvalue weighted by Crippen LogP contribution is 2.27. The van der Waals surface area contributed by atoms with E-state index in [4.69, 9.17) is 0 Å². The topological polar surface area (TPSA) is 62.8 Å². The van der Waals surface area contributed by atoms with Crippen LogP contribution in [0.25, 0.3) is 32.8 Å². The Balaban J connectivity index is 2.20. The van der Waals surface area contributed by atoms with Crippen LogP contribution in [-0.2, 0) is 7.05 Å². The Hall–Kier alpha value is -2.95. The Bertz CT molecular complexity index is 1030. The number of hydrogen-bond donors (Lipinski definition) is 1. The van der Waals surface area contributed by atoms with Crippen molar-refractivity contribution in [3.63, 3.8) is 0 Å². The first-order valence-electron chi connectivity index (χ1n) is 6.63. The molecule has 0 aliphatic rings. The number of rotatable bonds is 1. The molecule has 21 heavy (non-hydrogen) atoms. The molecule has 4 aromatic rings. The number of pyridine rings is 1. The van der Waals surface area contributed by atoms with Crippen LogP contribution in [0.1, 0.15) is 0 Å². The van der Waals surface area contributed by atoms with Crippen molar-refractivity contribution in [2.45, 2.75) is 0 Å². The quantitative estimate of drug-likeness (QED) is 0.330. The fourth-order valence-electron chi connectivity index (χ4n) is 2.91. The number of aromatic amines is 1. The minimum absolute atomic E-state index is 0.113. The molecule has 0 saturated carbocycles. The highest BCUT2D eigenvalue weighted by atomic mass is 16.6. The van der Waals surface area contributed by atoms with Crippen LogP contribution >= 0.6 is 0 Å². The molecule has 0 aliphatic heterocycles. The van der Waals surface area contributed by atoms with E-state index in [1.54, 1.807) is 12.1 Å². The normalized spacial score (nSPS) is 11.5. The van der Waals surface area contributed by atoms with Crippen LogP contribution in [0.3, 0.4) is 0 Å². The van der Waals surface area contributed by atoms with Crippen LogP contribution in [0.15, 0.2) is 48.5 Å². The highest BCUT2D eigenvalue weighted by molar-refractivity contribution is 6.07. The van der Waals surface area contributed by atoms with Gasteiger partial charge in [-0.25, -0.2) is 9.55 Å². The van der Waals surface area contributed by atoms with Gasteiger partial charge in [0, 0.05) is 22.9 Å². The average molecular weight is 278 g/mol. The molecule has 0 spiro atoms. The smallest absolute Gasteiger partial charge is 0.258 e. The monoisotopic (exact) mass is 278 g/mol. The third-order valence-corrected chi connectivity index (χ3v) is 3.94. The summed E-state index contributed by atoms with van der Waals surface area (Å²) in [6, 6.07) is 15.0. The van der Waals surface area contributed by atoms with Crippen LogP contribution in [0.2, 0.25) is 0 Å². The van der Waals surface area contributed by atoms with E-state index >= 15 is 0 Å². The van der Waals surface area contributed by atoms with E-state index in [9.17, 15) is 10.1 Å². The van der Waals surface area contributed by atoms with E-state index < -0.39 is 0 Å². The van der Waals surface area contributed by atoms with Gasteiger partial charge in [0.1, 0.15) is 11.0 Å². The molecule has 0 atom stereocenters. The third kappa shape index (κ3) is 1.61. The molecule has 102 valence electrons. The number of aryl methyl sites for hydroxylation is 1. The van der Waals surface area contributed by atoms with Gasteiger partial charge in [-0.1, -0.05) is 12.1 Å². The van der Waals surface area contributed by atoms with Crippen molar-refractivity contribution in [3.8, 4) is 0 Å². The van der Waals surface area contributed by atoms with Gasteiger partial charge < -0.3 is 0 Å². The van der Waals surface area contributed by atoms with Gasteiger partial charge in [-0.05, 0) is 24.3 Å². The minimum Gasteiger partial charge on any atom is -0.258 e. The maximum Gasteiger partial charge on any atom is 0.287 e. The molecule has 0 amide bonds. The van der Waals surface area contributed by atoms with Gasteiger partial charge in [0.25, 0.3) is 11.3 Å². The van der Waals surface area contributed by atoms with Gasteiger partial charge in [-0.2, -0.15) is 0 Å². The van der Waals surface area contributed by atoms with Gasteiger partial charge >= 0.3 is 0 Å². The molecule has 5 heteroatoms. The molecule has 0 aliphatic carbocycles. The molecule has 0 saturated heterocycles. The zero-order valence-electron chi connectivity index (χ0n) is 11.3. The van der Waals surface area contributed by atoms with Crippen LogP contribution in [0.4, 0.5) is 5.69 Å². The van der Waals surface area contributed by atoms with E-state index in [1.807, 2.05) is 35.9 Å². The number of fused-ring (bicyclic) bond motifs is 4. The van der Waals surface area contributed by atoms with Gasteiger partial charge in [-0.3, -0.25) is 10.1 Å². The molecule has 4 rings (SSSR count). The Morgan fingerprint density at radius 3 is 2.71 bits per heavy atom. The lowest BCUT2D eigenvalue weighted by Crippen LogP contribution is -2.30. The molecule has 0 unspecified atom stereocenters. The number of benzene rings is 2. The lowest BCUT2D eigenvalue weighted by molar-refractivity contribution is -0.619. The summed E-state index contributed by atoms with van der Waals surface area (Å²) >= 11 is 0. The van der Waals surface area contributed by atoms with E-state index in [-0.39, 0.29) is 10.6 Å². The molecule has 2 aromatic carbocycles. The Kier molecular flexibility index (Phi) is 2.27. The van der Waals surface area contributed by atoms with E-state index in [0.717, 1.165) is 32.8 Å². The second kappa shape index (κ2) is 4.02. The number of aromatic nitrogens is 2. The summed E-state index contributed by atoms with van der Waals surface area (Å²) in [6.07, 6.45) is 0. The predicted molar refractivity (Wildman–Crippen MR) is 81.1 cm³/mol. The third-order valence-electron chi connectivity index (χ3n) is 3.94. The Morgan fingerprint density at radius 1 is 1.10 bits per heavy atom. The lowest BCUT2D eigenvalue weighted by Gasteiger charge is -2.01. The summed E-state index contributed by atoms with van der Waals surface area (Å²) in [6.45, 7) is 0. The number of nitro benzene ring substituents is 1. The standard InChI is InChI=1S/C16H11N3O2/c1-18-15-7-6-11(19(20)21)8-10(15)9-13-12-4-2-3-5-14(12)17-16(13)18/h2-9H,1H3/p+1. The first kappa shape index (κ1) is 11.8. The lowest BCUT2D eigenvalue weighted by atomic mass is 10.1. The summed E-state index contributed by atoms with van der Waals surface area (Å²) in [5, 5.41) is 14.0. The van der Waals surface area contributed by atoms with Crippen LogP contribution in [-0.4, -0.2) is 9.91 Å². The number of nitrogens with one attached hydrogen (secondary N) is 1. The number of H-pyrrole nitrogens is 1. The van der Waals surface area contributed by atoms with Gasteiger partial charge in [0.05, 0.1) is 17.4 Å². The van der Waals surface area contributed by atoms with Crippen molar-refractivity contribution >= 4 is 38.5 Å². The summed E-state index contributed by atoms with van der Waals surface area (Å²) in [4.78, 5) is 14.0. The molecule has 0 fully saturated rings. The van der Waals surface area contributed by atoms with Gasteiger partial charge in [-0.15, -0.1) is 0 Å². The summed E-state index contributed by atoms with van der Waals surface area (Å²) in [7, 11) is 1.96. The van der Waals surface area contributed by atoms with Crippen molar-refractivity contribution in [1.82, 2.24) is 4.98 Å². The van der Waals surface area contributed by atoms with Crippen molar-refractivity contribution in [2.75, 3.05) is 0 Å². The fraction of sp³-hybridized carbons (Fsp3) is 0.0625. The molecule has 5 nitrogen and oxygen atoms in total. The average Bonchev–Trinajstić information content (AvgIpc) is 2.86. The summed E-state index contributed by atoms with van der Waals surface area (Å²) in [5.41, 5.74) is 3.15. The minimum atomic E-state index is -0.362. The number of non-ortho nitro benzene ring substituents is 1. The molecule has 2 heterocycles. The van der Waals surface area contributed by atoms with Crippen molar-refractivity contribution in [2.24, 2.45) is 7.05 Å². The zero-order valence-corrected chi connectivity index (χ0v) is 11.3. The summed E-state index contributed by atoms with van der Waals surface area (Å²) in [5.74, 6) is 0. The van der Waals surface area contributed by atoms with Crippen molar-refractivity contribution < 1.29 is 9.49 Å². The van der Waals surface area contributed by atoms with Crippen LogP contribution in [0, 0.1) is 10.1 Å². The first-order valence-corrected chi connectivity index (χ1v) is 6.63. The number of nitro groups is 1. The maximum absolute atomic E-state index is 10.9. The zero-order chi connectivity index (χ0) is 14.6. The van der Waals surface area contributed by atoms with Gasteiger partial charge in [0.2, 0.25) is 0 Å². The van der Waals surface area contributed by atoms with E-state index in [1.165, 1.54) is 6.07 Å². The second-order valence-electron chi connectivity index (χ2n) is 5.14. The van der Waals surface area contributed by atoms with E-state index in [0.29, 0.717) is 0 Å². The number of hydrogen-bond acceptors (Lipinski definition) is 2. The number of nitrogens with zero attached hydrogens (tertiary/aromatic N) is 2. The fourth-order valence-corrected chi connectivity index (χ4v) is 2.91. The van der Waals surface area contributed by atoms with Crippen molar-refractivity contribution in [3.05, 3.63) is 58.6 Å². The number of para-hydroxylation sites is 1. The summed E-state index contributed by atoms with van der Waals surface area (Å²) < 4.78 is 2.04. The molecular weight excluding hydrogens is 266 g/mol. The second-order valence-corrected chi connectivity index (χ2v) is 5.14. The first-order chi connectivity index (χ1) is 10.1. The Labute approximate surface area is 119 Å². The molecule has 0 bridgehead atoms. The SMILES string of the molecule is C[n+]1c2ccc([N+](=O)[O-])cc2cc2c3ccccc3[nH]c21. The molecule has 1 N–H and O–H groups in total. The largest absolute Gasteiger partial charge is 0.287 e. The van der Waals surface area contributed by atoms with Crippen molar-refractivity contribution in [1.29, 1.82) is 0 Å². The van der Waals surface area contributed by atoms with Crippen LogP contribution in [0.5, 0.6) is 0 Å². The Morgan fingerprint density at radius 2 is 1.90 bits per heavy atom. The highest BCUT2D eigenvalue weighted by Gasteiger charge is 2.17. The maximum atomic E-state index is 10.9. The molecular formula is C16H12N3O2+. The predicted octanol–water partition coefficient (Wildman–Crippen LogP) is 3.21. The van der Waals surface area contributed by atoms with Gasteiger partial charge in [0.15, 0.2) is 0 Å². The molecule has 2 aromatic heterocycles. The van der Waals surface area contributed by atoms with E-state index in [2.05, 4.69) is 11.1 Å². The molecule has 0 radical (unpaired) electrons.